The zero-order valence-electron chi connectivity index (χ0n) is 7.30. The molecule has 0 bridgehead atoms. The maximum absolute atomic E-state index is 11.1. The minimum absolute atomic E-state index is 0.0156. The zero-order valence-corrected chi connectivity index (χ0v) is 8.12. The Morgan fingerprint density at radius 2 is 1.79 bits per heavy atom. The fourth-order valence-electron chi connectivity index (χ4n) is 0.927. The number of carbonyl (C=O) groups is 1. The Kier molecular flexibility index (Phi) is 2.83. The van der Waals surface area contributed by atoms with E-state index in [9.17, 15) is 13.2 Å². The Bertz CT molecular complexity index is 459. The molecule has 0 saturated heterocycles. The van der Waals surface area contributed by atoms with Crippen LogP contribution in [0.3, 0.4) is 0 Å². The van der Waals surface area contributed by atoms with Gasteiger partial charge < -0.3 is 0 Å². The van der Waals surface area contributed by atoms with Crippen LogP contribution < -0.4 is 5.14 Å². The maximum atomic E-state index is 11.1. The van der Waals surface area contributed by atoms with Gasteiger partial charge in [-0.15, -0.1) is 0 Å². The van der Waals surface area contributed by atoms with Gasteiger partial charge in [0.1, 0.15) is 0 Å². The van der Waals surface area contributed by atoms with Gasteiger partial charge in [0, 0.05) is 5.56 Å². The van der Waals surface area contributed by atoms with Crippen molar-refractivity contribution in [1.82, 2.24) is 0 Å². The lowest BCUT2D eigenvalue weighted by Crippen LogP contribution is -2.12. The van der Waals surface area contributed by atoms with Gasteiger partial charge >= 0.3 is 0 Å². The third-order valence-electron chi connectivity index (χ3n) is 1.65. The van der Waals surface area contributed by atoms with E-state index < -0.39 is 10.0 Å². The van der Waals surface area contributed by atoms with Gasteiger partial charge in [-0.05, 0) is 30.3 Å². The molecule has 0 aliphatic heterocycles. The maximum Gasteiger partial charge on any atom is 0.238 e. The van der Waals surface area contributed by atoms with Crippen molar-refractivity contribution in [3.63, 3.8) is 0 Å². The second-order valence-corrected chi connectivity index (χ2v) is 4.20. The van der Waals surface area contributed by atoms with Crippen LogP contribution >= 0.6 is 0 Å². The highest BCUT2D eigenvalue weighted by atomic mass is 32.2. The van der Waals surface area contributed by atoms with Crippen LogP contribution in [0.15, 0.2) is 41.8 Å². The highest BCUT2D eigenvalue weighted by Gasteiger charge is 2.08. The van der Waals surface area contributed by atoms with Crippen molar-refractivity contribution in [2.75, 3.05) is 0 Å². The summed E-state index contributed by atoms with van der Waals surface area (Å²) in [6.07, 6.45) is 1.16. The smallest absolute Gasteiger partial charge is 0.238 e. The molecule has 1 rings (SSSR count). The summed E-state index contributed by atoms with van der Waals surface area (Å²) in [5.41, 5.74) is 0.382. The monoisotopic (exact) mass is 211 g/mol. The van der Waals surface area contributed by atoms with Crippen LogP contribution in [0, 0.1) is 0 Å². The molecule has 0 spiro atoms. The molecule has 74 valence electrons. The van der Waals surface area contributed by atoms with Crippen molar-refractivity contribution in [2.45, 2.75) is 4.90 Å². The second kappa shape index (κ2) is 3.73. The van der Waals surface area contributed by atoms with Crippen molar-refractivity contribution in [3.05, 3.63) is 42.5 Å². The number of sulfonamides is 1. The summed E-state index contributed by atoms with van der Waals surface area (Å²) >= 11 is 0. The first-order valence-corrected chi connectivity index (χ1v) is 5.29. The van der Waals surface area contributed by atoms with Gasteiger partial charge in [0.05, 0.1) is 4.90 Å². The molecule has 0 unspecified atom stereocenters. The van der Waals surface area contributed by atoms with Gasteiger partial charge in [-0.25, -0.2) is 13.6 Å². The SMILES string of the molecule is C=CC(=O)c1ccc(S(N)(=O)=O)cc1. The highest BCUT2D eigenvalue weighted by Crippen LogP contribution is 2.09. The van der Waals surface area contributed by atoms with Crippen LogP contribution in [0.25, 0.3) is 0 Å². The Balaban J connectivity index is 3.13. The quantitative estimate of drug-likeness (QED) is 0.590. The van der Waals surface area contributed by atoms with Crippen LogP contribution in [-0.2, 0) is 10.0 Å². The Hall–Kier alpha value is -1.46. The predicted octanol–water partition coefficient (Wildman–Crippen LogP) is 0.703. The molecule has 0 aromatic heterocycles. The molecule has 0 aliphatic rings. The van der Waals surface area contributed by atoms with E-state index in [1.54, 1.807) is 0 Å². The third kappa shape index (κ3) is 2.27. The summed E-state index contributed by atoms with van der Waals surface area (Å²) < 4.78 is 21.7. The molecular formula is C9H9NO3S. The number of ketones is 1. The van der Waals surface area contributed by atoms with E-state index in [2.05, 4.69) is 6.58 Å². The molecule has 0 saturated carbocycles. The zero-order chi connectivity index (χ0) is 10.8. The van der Waals surface area contributed by atoms with E-state index in [1.807, 2.05) is 0 Å². The van der Waals surface area contributed by atoms with E-state index in [1.165, 1.54) is 24.3 Å². The number of allylic oxidation sites excluding steroid dienone is 1. The topological polar surface area (TPSA) is 77.2 Å². The first-order chi connectivity index (χ1) is 6.45. The summed E-state index contributed by atoms with van der Waals surface area (Å²) in [4.78, 5) is 11.1. The van der Waals surface area contributed by atoms with E-state index in [-0.39, 0.29) is 10.7 Å². The summed E-state index contributed by atoms with van der Waals surface area (Å²) in [6, 6.07) is 5.35. The Morgan fingerprint density at radius 3 is 2.14 bits per heavy atom. The van der Waals surface area contributed by atoms with Gasteiger partial charge in [0.2, 0.25) is 10.0 Å². The first-order valence-electron chi connectivity index (χ1n) is 3.75. The lowest BCUT2D eigenvalue weighted by atomic mass is 10.1. The van der Waals surface area contributed by atoms with Crippen LogP contribution in [0.2, 0.25) is 0 Å². The van der Waals surface area contributed by atoms with Crippen molar-refractivity contribution in [1.29, 1.82) is 0 Å². The van der Waals surface area contributed by atoms with Gasteiger partial charge in [0.25, 0.3) is 0 Å². The van der Waals surface area contributed by atoms with Crippen molar-refractivity contribution in [3.8, 4) is 0 Å². The van der Waals surface area contributed by atoms with Crippen LogP contribution in [0.1, 0.15) is 10.4 Å². The molecule has 1 aromatic carbocycles. The largest absolute Gasteiger partial charge is 0.289 e. The fraction of sp³-hybridized carbons (Fsp3) is 0. The van der Waals surface area contributed by atoms with E-state index in [4.69, 9.17) is 5.14 Å². The number of hydrogen-bond acceptors (Lipinski definition) is 3. The van der Waals surface area contributed by atoms with Crippen LogP contribution in [0.5, 0.6) is 0 Å². The standard InChI is InChI=1S/C9H9NO3S/c1-2-9(11)7-3-5-8(6-4-7)14(10,12)13/h2-6H,1H2,(H2,10,12,13). The van der Waals surface area contributed by atoms with Crippen molar-refractivity contribution < 1.29 is 13.2 Å². The summed E-state index contributed by atoms with van der Waals surface area (Å²) in [7, 11) is -3.69. The average Bonchev–Trinajstić information content (AvgIpc) is 2.15. The Morgan fingerprint density at radius 1 is 1.29 bits per heavy atom. The van der Waals surface area contributed by atoms with Gasteiger partial charge in [-0.3, -0.25) is 4.79 Å². The Labute approximate surface area is 82.1 Å². The molecule has 2 N–H and O–H groups in total. The molecule has 4 nitrogen and oxygen atoms in total. The lowest BCUT2D eigenvalue weighted by molar-refractivity contribution is 0.104. The second-order valence-electron chi connectivity index (χ2n) is 2.64. The predicted molar refractivity (Wildman–Crippen MR) is 52.3 cm³/mol. The number of rotatable bonds is 3. The molecule has 0 radical (unpaired) electrons. The molecule has 14 heavy (non-hydrogen) atoms. The molecule has 0 amide bonds. The van der Waals surface area contributed by atoms with E-state index in [0.29, 0.717) is 5.56 Å². The third-order valence-corrected chi connectivity index (χ3v) is 2.58. The van der Waals surface area contributed by atoms with E-state index in [0.717, 1.165) is 6.08 Å². The fourth-order valence-corrected chi connectivity index (χ4v) is 1.44. The normalized spacial score (nSPS) is 10.9. The molecule has 5 heteroatoms. The highest BCUT2D eigenvalue weighted by molar-refractivity contribution is 7.89. The minimum Gasteiger partial charge on any atom is -0.289 e. The number of benzene rings is 1. The number of primary sulfonamides is 1. The van der Waals surface area contributed by atoms with Crippen LogP contribution in [0.4, 0.5) is 0 Å². The summed E-state index contributed by atoms with van der Waals surface area (Å²) in [6.45, 7) is 3.32. The molecule has 0 atom stereocenters. The van der Waals surface area contributed by atoms with Gasteiger partial charge in [0.15, 0.2) is 5.78 Å². The molecule has 0 fully saturated rings. The first kappa shape index (κ1) is 10.6. The van der Waals surface area contributed by atoms with Crippen LogP contribution in [-0.4, -0.2) is 14.2 Å². The summed E-state index contributed by atoms with van der Waals surface area (Å²) in [5, 5.41) is 4.88. The average molecular weight is 211 g/mol. The number of nitrogens with two attached hydrogens (primary N) is 1. The van der Waals surface area contributed by atoms with E-state index >= 15 is 0 Å². The molecule has 1 aromatic rings. The van der Waals surface area contributed by atoms with Crippen molar-refractivity contribution >= 4 is 15.8 Å². The summed E-state index contributed by atoms with van der Waals surface area (Å²) in [5.74, 6) is -0.258. The molecular weight excluding hydrogens is 202 g/mol. The number of carbonyl (C=O) groups excluding carboxylic acids is 1. The number of hydrogen-bond donors (Lipinski definition) is 1. The molecule has 0 aliphatic carbocycles. The van der Waals surface area contributed by atoms with Crippen molar-refractivity contribution in [2.24, 2.45) is 5.14 Å². The minimum atomic E-state index is -3.69. The molecule has 0 heterocycles. The lowest BCUT2D eigenvalue weighted by Gasteiger charge is -1.98. The van der Waals surface area contributed by atoms with Gasteiger partial charge in [-0.1, -0.05) is 6.58 Å². The van der Waals surface area contributed by atoms with Gasteiger partial charge in [-0.2, -0.15) is 0 Å².